The summed E-state index contributed by atoms with van der Waals surface area (Å²) in [5, 5.41) is 1.32. The Labute approximate surface area is 134 Å². The van der Waals surface area contributed by atoms with Crippen LogP contribution in [0, 0.1) is 0 Å². The number of thioether (sulfide) groups is 1. The first kappa shape index (κ1) is 14.7. The summed E-state index contributed by atoms with van der Waals surface area (Å²) in [7, 11) is 0. The van der Waals surface area contributed by atoms with Crippen LogP contribution in [0.5, 0.6) is 0 Å². The van der Waals surface area contributed by atoms with Crippen LogP contribution in [0.2, 0.25) is 5.02 Å². The van der Waals surface area contributed by atoms with Gasteiger partial charge in [0.2, 0.25) is 5.43 Å². The predicted molar refractivity (Wildman–Crippen MR) is 84.5 cm³/mol. The maximum Gasteiger partial charge on any atom is 0.203 e. The average Bonchev–Trinajstić information content (AvgIpc) is 2.54. The van der Waals surface area contributed by atoms with Crippen LogP contribution in [0.15, 0.2) is 51.2 Å². The van der Waals surface area contributed by atoms with Gasteiger partial charge in [-0.05, 0) is 18.2 Å². The zero-order valence-corrected chi connectivity index (χ0v) is 12.7. The average molecular weight is 333 g/mol. The van der Waals surface area contributed by atoms with Crippen molar-refractivity contribution in [2.45, 2.75) is 10.9 Å². The number of aromatic nitrogens is 2. The highest BCUT2D eigenvalue weighted by Crippen LogP contribution is 2.27. The molecule has 0 saturated heterocycles. The molecule has 0 radical (unpaired) electrons. The lowest BCUT2D eigenvalue weighted by Gasteiger charge is -2.06. The van der Waals surface area contributed by atoms with Gasteiger partial charge in [0.1, 0.15) is 11.8 Å². The largest absolute Gasteiger partial charge is 0.463 e. The molecule has 5 nitrogen and oxygen atoms in total. The van der Waals surface area contributed by atoms with Crippen LogP contribution in [0.3, 0.4) is 0 Å². The second-order valence-corrected chi connectivity index (χ2v) is 5.78. The molecule has 0 N–H and O–H groups in total. The molecular formula is C15H9ClN2O3S. The molecule has 0 fully saturated rings. The van der Waals surface area contributed by atoms with Crippen LogP contribution in [0.4, 0.5) is 0 Å². The lowest BCUT2D eigenvalue weighted by Crippen LogP contribution is -2.08. The Morgan fingerprint density at radius 2 is 2.05 bits per heavy atom. The number of rotatable bonds is 4. The lowest BCUT2D eigenvalue weighted by molar-refractivity contribution is 0.112. The van der Waals surface area contributed by atoms with Crippen molar-refractivity contribution in [3.63, 3.8) is 0 Å². The van der Waals surface area contributed by atoms with Crippen LogP contribution >= 0.6 is 23.4 Å². The number of carbonyl (C=O) groups excluding carboxylic acids is 1. The molecule has 0 aliphatic rings. The van der Waals surface area contributed by atoms with E-state index in [0.29, 0.717) is 33.2 Å². The highest BCUT2D eigenvalue weighted by atomic mass is 35.5. The maximum atomic E-state index is 12.2. The SMILES string of the molecule is O=Cc1coc2c(CSc3ncccn3)cc(Cl)cc2c1=O. The Bertz CT molecular complexity index is 896. The number of benzene rings is 1. The van der Waals surface area contributed by atoms with Crippen molar-refractivity contribution in [2.24, 2.45) is 0 Å². The van der Waals surface area contributed by atoms with Crippen LogP contribution in [-0.2, 0) is 5.75 Å². The molecule has 0 spiro atoms. The minimum Gasteiger partial charge on any atom is -0.463 e. The smallest absolute Gasteiger partial charge is 0.203 e. The van der Waals surface area contributed by atoms with Gasteiger partial charge < -0.3 is 4.42 Å². The van der Waals surface area contributed by atoms with Gasteiger partial charge in [-0.15, -0.1) is 0 Å². The summed E-state index contributed by atoms with van der Waals surface area (Å²) in [6.45, 7) is 0. The van der Waals surface area contributed by atoms with E-state index < -0.39 is 0 Å². The Morgan fingerprint density at radius 3 is 2.77 bits per heavy atom. The summed E-state index contributed by atoms with van der Waals surface area (Å²) in [4.78, 5) is 31.2. The Hall–Kier alpha value is -2.18. The van der Waals surface area contributed by atoms with Crippen molar-refractivity contribution < 1.29 is 9.21 Å². The minimum absolute atomic E-state index is 0.0280. The molecule has 2 aromatic heterocycles. The molecule has 3 rings (SSSR count). The second kappa shape index (κ2) is 6.29. The Kier molecular flexibility index (Phi) is 4.22. The molecule has 0 amide bonds. The van der Waals surface area contributed by atoms with Crippen molar-refractivity contribution in [2.75, 3.05) is 0 Å². The summed E-state index contributed by atoms with van der Waals surface area (Å²) >= 11 is 7.46. The fourth-order valence-corrected chi connectivity index (χ4v) is 2.99. The van der Waals surface area contributed by atoms with Crippen molar-refractivity contribution in [3.05, 3.63) is 63.2 Å². The normalized spacial score (nSPS) is 10.8. The van der Waals surface area contributed by atoms with Crippen LogP contribution in [-0.4, -0.2) is 16.3 Å². The van der Waals surface area contributed by atoms with Gasteiger partial charge in [-0.3, -0.25) is 9.59 Å². The third-order valence-electron chi connectivity index (χ3n) is 2.97. The molecule has 0 aliphatic carbocycles. The number of halogens is 1. The third-order valence-corrected chi connectivity index (χ3v) is 4.11. The van der Waals surface area contributed by atoms with E-state index >= 15 is 0 Å². The Morgan fingerprint density at radius 1 is 1.27 bits per heavy atom. The molecule has 110 valence electrons. The first-order chi connectivity index (χ1) is 10.7. The summed E-state index contributed by atoms with van der Waals surface area (Å²) in [6.07, 6.45) is 4.95. The van der Waals surface area contributed by atoms with E-state index in [1.807, 2.05) is 0 Å². The molecule has 0 atom stereocenters. The van der Waals surface area contributed by atoms with Gasteiger partial charge in [-0.1, -0.05) is 23.4 Å². The van der Waals surface area contributed by atoms with Crippen molar-refractivity contribution in [1.82, 2.24) is 9.97 Å². The highest BCUT2D eigenvalue weighted by Gasteiger charge is 2.12. The number of fused-ring (bicyclic) bond motifs is 1. The zero-order valence-electron chi connectivity index (χ0n) is 11.2. The van der Waals surface area contributed by atoms with Gasteiger partial charge in [0.15, 0.2) is 11.4 Å². The summed E-state index contributed by atoms with van der Waals surface area (Å²) < 4.78 is 5.45. The molecule has 7 heteroatoms. The van der Waals surface area contributed by atoms with E-state index in [2.05, 4.69) is 9.97 Å². The molecule has 3 aromatic rings. The van der Waals surface area contributed by atoms with E-state index in [1.165, 1.54) is 24.1 Å². The lowest BCUT2D eigenvalue weighted by atomic mass is 10.1. The standard InChI is InChI=1S/C15H9ClN2O3S/c16-11-4-9(8-22-15-17-2-1-3-18-15)14-12(5-11)13(20)10(6-19)7-21-14/h1-7H,8H2. The second-order valence-electron chi connectivity index (χ2n) is 4.40. The maximum absolute atomic E-state index is 12.2. The fourth-order valence-electron chi connectivity index (χ4n) is 1.98. The first-order valence-corrected chi connectivity index (χ1v) is 7.64. The van der Waals surface area contributed by atoms with E-state index in [1.54, 1.807) is 24.5 Å². The predicted octanol–water partition coefficient (Wildman–Crippen LogP) is 3.34. The monoisotopic (exact) mass is 332 g/mol. The van der Waals surface area contributed by atoms with Crippen molar-refractivity contribution >= 4 is 40.6 Å². The Balaban J connectivity index is 2.04. The fraction of sp³-hybridized carbons (Fsp3) is 0.0667. The number of nitrogens with zero attached hydrogens (tertiary/aromatic N) is 2. The van der Waals surface area contributed by atoms with Gasteiger partial charge in [-0.2, -0.15) is 0 Å². The molecule has 1 aromatic carbocycles. The van der Waals surface area contributed by atoms with E-state index in [0.717, 1.165) is 5.56 Å². The van der Waals surface area contributed by atoms with Gasteiger partial charge >= 0.3 is 0 Å². The van der Waals surface area contributed by atoms with Gasteiger partial charge in [0, 0.05) is 28.7 Å². The van der Waals surface area contributed by atoms with Crippen LogP contribution in [0.1, 0.15) is 15.9 Å². The number of hydrogen-bond acceptors (Lipinski definition) is 6. The number of carbonyl (C=O) groups is 1. The first-order valence-electron chi connectivity index (χ1n) is 6.28. The number of aldehydes is 1. The molecular weight excluding hydrogens is 324 g/mol. The highest BCUT2D eigenvalue weighted by molar-refractivity contribution is 7.98. The van der Waals surface area contributed by atoms with Gasteiger partial charge in [0.25, 0.3) is 0 Å². The minimum atomic E-state index is -0.388. The third kappa shape index (κ3) is 2.88. The van der Waals surface area contributed by atoms with Crippen LogP contribution < -0.4 is 5.43 Å². The molecule has 0 bridgehead atoms. The van der Waals surface area contributed by atoms with E-state index in [-0.39, 0.29) is 11.0 Å². The molecule has 22 heavy (non-hydrogen) atoms. The summed E-state index contributed by atoms with van der Waals surface area (Å²) in [5.41, 5.74) is 0.749. The van der Waals surface area contributed by atoms with Crippen molar-refractivity contribution in [1.29, 1.82) is 0 Å². The van der Waals surface area contributed by atoms with E-state index in [9.17, 15) is 9.59 Å². The topological polar surface area (TPSA) is 73.1 Å². The van der Waals surface area contributed by atoms with Gasteiger partial charge in [-0.25, -0.2) is 9.97 Å². The molecule has 0 saturated carbocycles. The number of hydrogen-bond donors (Lipinski definition) is 0. The quantitative estimate of drug-likeness (QED) is 0.414. The summed E-state index contributed by atoms with van der Waals surface area (Å²) in [6, 6.07) is 4.96. The zero-order chi connectivity index (χ0) is 15.5. The molecule has 2 heterocycles. The van der Waals surface area contributed by atoms with Crippen molar-refractivity contribution in [3.8, 4) is 0 Å². The molecule has 0 unspecified atom stereocenters. The van der Waals surface area contributed by atoms with Gasteiger partial charge in [0.05, 0.1) is 10.9 Å². The van der Waals surface area contributed by atoms with Crippen LogP contribution in [0.25, 0.3) is 11.0 Å². The molecule has 0 aliphatic heterocycles. The summed E-state index contributed by atoms with van der Waals surface area (Å²) in [5.74, 6) is 0.491. The van der Waals surface area contributed by atoms with E-state index in [4.69, 9.17) is 16.0 Å².